The van der Waals surface area contributed by atoms with Crippen molar-refractivity contribution in [1.29, 1.82) is 0 Å². The van der Waals surface area contributed by atoms with Crippen LogP contribution >= 0.6 is 0 Å². The number of benzene rings is 1. The number of rotatable bonds is 6. The minimum Gasteiger partial charge on any atom is -0.497 e. The molecule has 1 aromatic heterocycles. The SMILES string of the molecule is COc1ccc(/C=C/CN2C[C@@H]3CC[C@H]2CN(Cc2nc[nH]c2C)C3)cc1. The third-order valence-electron chi connectivity index (χ3n) is 5.98. The summed E-state index contributed by atoms with van der Waals surface area (Å²) in [6.07, 6.45) is 9.03. The maximum Gasteiger partial charge on any atom is 0.118 e. The van der Waals surface area contributed by atoms with Crippen LogP contribution in [0.5, 0.6) is 5.75 Å². The van der Waals surface area contributed by atoms with Crippen LogP contribution in [0.4, 0.5) is 0 Å². The monoisotopic (exact) mass is 366 g/mol. The number of hydrogen-bond donors (Lipinski definition) is 1. The van der Waals surface area contributed by atoms with Crippen molar-refractivity contribution in [3.05, 3.63) is 53.6 Å². The highest BCUT2D eigenvalue weighted by atomic mass is 16.5. The lowest BCUT2D eigenvalue weighted by Gasteiger charge is -2.35. The van der Waals surface area contributed by atoms with E-state index < -0.39 is 0 Å². The normalized spacial score (nSPS) is 23.8. The number of hydrogen-bond acceptors (Lipinski definition) is 4. The van der Waals surface area contributed by atoms with Gasteiger partial charge in [-0.25, -0.2) is 4.98 Å². The number of aryl methyl sites for hydroxylation is 1. The van der Waals surface area contributed by atoms with Gasteiger partial charge in [0.05, 0.1) is 19.1 Å². The van der Waals surface area contributed by atoms with Crippen molar-refractivity contribution in [3.63, 3.8) is 0 Å². The Labute approximate surface area is 162 Å². The smallest absolute Gasteiger partial charge is 0.118 e. The van der Waals surface area contributed by atoms with Gasteiger partial charge in [0.15, 0.2) is 0 Å². The van der Waals surface area contributed by atoms with Crippen molar-refractivity contribution >= 4 is 6.08 Å². The molecule has 2 aromatic rings. The standard InChI is InChI=1S/C22H30N4O/c1-17-22(24-16-23-17)15-25-12-19-5-8-20(14-25)26(13-19)11-3-4-18-6-9-21(27-2)10-7-18/h3-4,6-7,9-10,16,19-20H,5,8,11-15H2,1-2H3,(H,23,24)/b4-3+/t19-,20+/m1/s1. The Kier molecular flexibility index (Phi) is 5.60. The van der Waals surface area contributed by atoms with Crippen molar-refractivity contribution in [3.8, 4) is 5.75 Å². The zero-order chi connectivity index (χ0) is 18.6. The summed E-state index contributed by atoms with van der Waals surface area (Å²) < 4.78 is 5.23. The predicted octanol–water partition coefficient (Wildman–Crippen LogP) is 3.34. The van der Waals surface area contributed by atoms with Gasteiger partial charge < -0.3 is 9.72 Å². The van der Waals surface area contributed by atoms with E-state index in [-0.39, 0.29) is 0 Å². The van der Waals surface area contributed by atoms with E-state index in [1.54, 1.807) is 7.11 Å². The fourth-order valence-corrected chi connectivity index (χ4v) is 4.43. The van der Waals surface area contributed by atoms with E-state index in [0.29, 0.717) is 6.04 Å². The van der Waals surface area contributed by atoms with Crippen molar-refractivity contribution in [1.82, 2.24) is 19.8 Å². The molecule has 3 saturated heterocycles. The quantitative estimate of drug-likeness (QED) is 0.852. The Morgan fingerprint density at radius 1 is 1.19 bits per heavy atom. The van der Waals surface area contributed by atoms with Gasteiger partial charge in [0.25, 0.3) is 0 Å². The van der Waals surface area contributed by atoms with Crippen LogP contribution in [-0.2, 0) is 6.54 Å². The van der Waals surface area contributed by atoms with Crippen LogP contribution in [0.1, 0.15) is 29.8 Å². The third-order valence-corrected chi connectivity index (χ3v) is 5.98. The van der Waals surface area contributed by atoms with Crippen LogP contribution in [0.15, 0.2) is 36.7 Å². The Bertz CT molecular complexity index is 767. The summed E-state index contributed by atoms with van der Waals surface area (Å²) in [4.78, 5) is 13.0. The van der Waals surface area contributed by atoms with E-state index in [2.05, 4.69) is 51.0 Å². The molecule has 0 saturated carbocycles. The summed E-state index contributed by atoms with van der Waals surface area (Å²) >= 11 is 0. The number of aromatic amines is 1. The minimum atomic E-state index is 0.656. The van der Waals surface area contributed by atoms with E-state index in [1.165, 1.54) is 42.9 Å². The summed E-state index contributed by atoms with van der Waals surface area (Å²) in [6.45, 7) is 7.68. The van der Waals surface area contributed by atoms with Crippen LogP contribution in [0.2, 0.25) is 0 Å². The number of imidazole rings is 1. The van der Waals surface area contributed by atoms with Gasteiger partial charge in [-0.3, -0.25) is 9.80 Å². The first-order chi connectivity index (χ1) is 13.2. The molecule has 3 aliphatic heterocycles. The Balaban J connectivity index is 1.35. The number of piperidine rings is 1. The molecule has 2 atom stereocenters. The molecule has 5 nitrogen and oxygen atoms in total. The van der Waals surface area contributed by atoms with Gasteiger partial charge in [0, 0.05) is 44.5 Å². The van der Waals surface area contributed by atoms with Crippen molar-refractivity contribution in [2.24, 2.45) is 5.92 Å². The molecule has 0 radical (unpaired) electrons. The summed E-state index contributed by atoms with van der Waals surface area (Å²) in [7, 11) is 1.70. The average Bonchev–Trinajstić information content (AvgIpc) is 2.90. The van der Waals surface area contributed by atoms with E-state index in [1.807, 2.05) is 18.5 Å². The van der Waals surface area contributed by atoms with Gasteiger partial charge in [0.2, 0.25) is 0 Å². The van der Waals surface area contributed by atoms with E-state index in [4.69, 9.17) is 4.74 Å². The number of ether oxygens (including phenoxy) is 1. The summed E-state index contributed by atoms with van der Waals surface area (Å²) in [5, 5.41) is 0. The van der Waals surface area contributed by atoms with Crippen LogP contribution in [0.3, 0.4) is 0 Å². The first kappa shape index (κ1) is 18.3. The highest BCUT2D eigenvalue weighted by molar-refractivity contribution is 5.50. The maximum atomic E-state index is 5.23. The lowest BCUT2D eigenvalue weighted by Crippen LogP contribution is -2.43. The largest absolute Gasteiger partial charge is 0.497 e. The number of fused-ring (bicyclic) bond motifs is 4. The number of methoxy groups -OCH3 is 1. The number of H-pyrrole nitrogens is 1. The van der Waals surface area contributed by atoms with Gasteiger partial charge in [-0.05, 0) is 43.4 Å². The molecular formula is C22H30N4O. The summed E-state index contributed by atoms with van der Waals surface area (Å²) in [5.74, 6) is 1.68. The molecule has 0 unspecified atom stereocenters. The Hall–Kier alpha value is -2.11. The maximum absolute atomic E-state index is 5.23. The second kappa shape index (κ2) is 8.28. The molecule has 144 valence electrons. The second-order valence-corrected chi connectivity index (χ2v) is 7.89. The van der Waals surface area contributed by atoms with Gasteiger partial charge in [-0.15, -0.1) is 0 Å². The third kappa shape index (κ3) is 4.42. The molecule has 0 amide bonds. The van der Waals surface area contributed by atoms with Gasteiger partial charge in [-0.1, -0.05) is 24.3 Å². The van der Waals surface area contributed by atoms with E-state index in [0.717, 1.165) is 31.3 Å². The van der Waals surface area contributed by atoms with Crippen molar-refractivity contribution in [2.45, 2.75) is 32.4 Å². The molecule has 27 heavy (non-hydrogen) atoms. The molecule has 4 heterocycles. The highest BCUT2D eigenvalue weighted by Gasteiger charge is 2.34. The molecule has 3 aliphatic rings. The van der Waals surface area contributed by atoms with Crippen LogP contribution < -0.4 is 4.74 Å². The molecule has 0 aliphatic carbocycles. The highest BCUT2D eigenvalue weighted by Crippen LogP contribution is 2.28. The zero-order valence-corrected chi connectivity index (χ0v) is 16.4. The van der Waals surface area contributed by atoms with Gasteiger partial charge in [-0.2, -0.15) is 0 Å². The topological polar surface area (TPSA) is 44.4 Å². The Morgan fingerprint density at radius 2 is 2.04 bits per heavy atom. The van der Waals surface area contributed by atoms with Crippen LogP contribution in [0, 0.1) is 12.8 Å². The summed E-state index contributed by atoms with van der Waals surface area (Å²) in [5.41, 5.74) is 3.62. The lowest BCUT2D eigenvalue weighted by molar-refractivity contribution is 0.146. The number of aromatic nitrogens is 2. The molecule has 5 rings (SSSR count). The molecule has 1 N–H and O–H groups in total. The van der Waals surface area contributed by atoms with Gasteiger partial charge in [0.1, 0.15) is 5.75 Å². The van der Waals surface area contributed by atoms with Crippen molar-refractivity contribution < 1.29 is 4.74 Å². The molecular weight excluding hydrogens is 336 g/mol. The average molecular weight is 367 g/mol. The molecule has 1 aromatic carbocycles. The van der Waals surface area contributed by atoms with Crippen LogP contribution in [0.25, 0.3) is 6.08 Å². The molecule has 2 bridgehead atoms. The molecule has 3 fully saturated rings. The van der Waals surface area contributed by atoms with Gasteiger partial charge >= 0.3 is 0 Å². The fourth-order valence-electron chi connectivity index (χ4n) is 4.43. The first-order valence-corrected chi connectivity index (χ1v) is 9.97. The minimum absolute atomic E-state index is 0.656. The zero-order valence-electron chi connectivity index (χ0n) is 16.4. The molecule has 0 spiro atoms. The Morgan fingerprint density at radius 3 is 2.78 bits per heavy atom. The molecule has 5 heteroatoms. The lowest BCUT2D eigenvalue weighted by atomic mass is 9.95. The fraction of sp³-hybridized carbons (Fsp3) is 0.500. The van der Waals surface area contributed by atoms with Crippen molar-refractivity contribution in [2.75, 3.05) is 33.3 Å². The predicted molar refractivity (Wildman–Crippen MR) is 109 cm³/mol. The first-order valence-electron chi connectivity index (χ1n) is 9.97. The second-order valence-electron chi connectivity index (χ2n) is 7.89. The number of nitrogens with one attached hydrogen (secondary N) is 1. The van der Waals surface area contributed by atoms with Crippen LogP contribution in [-0.4, -0.2) is 59.1 Å². The number of nitrogens with zero attached hydrogens (tertiary/aromatic N) is 3. The van der Waals surface area contributed by atoms with E-state index in [9.17, 15) is 0 Å². The summed E-state index contributed by atoms with van der Waals surface area (Å²) in [6, 6.07) is 8.91. The van der Waals surface area contributed by atoms with E-state index >= 15 is 0 Å².